The van der Waals surface area contributed by atoms with Crippen molar-refractivity contribution in [2.45, 2.75) is 13.0 Å². The van der Waals surface area contributed by atoms with E-state index < -0.39 is 35.3 Å². The van der Waals surface area contributed by atoms with Gasteiger partial charge in [0.2, 0.25) is 0 Å². The lowest BCUT2D eigenvalue weighted by Gasteiger charge is -2.26. The van der Waals surface area contributed by atoms with Gasteiger partial charge in [-0.3, -0.25) is 14.5 Å². The summed E-state index contributed by atoms with van der Waals surface area (Å²) in [6.45, 7) is 1.89. The second-order valence-corrected chi connectivity index (χ2v) is 8.06. The molecule has 0 aromatic heterocycles. The number of esters is 1. The van der Waals surface area contributed by atoms with Gasteiger partial charge in [0, 0.05) is 5.69 Å². The summed E-state index contributed by atoms with van der Waals surface area (Å²) in [6.07, 6.45) is 0. The highest BCUT2D eigenvalue weighted by molar-refractivity contribution is 6.51. The number of aliphatic hydroxyl groups is 1. The van der Waals surface area contributed by atoms with E-state index in [1.54, 1.807) is 31.2 Å². The molecule has 3 aromatic carbocycles. The monoisotopic (exact) mass is 505 g/mol. The van der Waals surface area contributed by atoms with E-state index in [9.17, 15) is 23.9 Å². The van der Waals surface area contributed by atoms with Crippen LogP contribution >= 0.6 is 0 Å². The van der Waals surface area contributed by atoms with Gasteiger partial charge < -0.3 is 19.3 Å². The lowest BCUT2D eigenvalue weighted by Crippen LogP contribution is -2.29. The average Bonchev–Trinajstić information content (AvgIpc) is 3.18. The molecule has 8 nitrogen and oxygen atoms in total. The minimum Gasteiger partial charge on any atom is -0.507 e. The third-order valence-electron chi connectivity index (χ3n) is 5.93. The zero-order valence-electron chi connectivity index (χ0n) is 20.4. The number of methoxy groups -OCH3 is 2. The number of ether oxygens (including phenoxy) is 3. The number of hydrogen-bond donors (Lipinski definition) is 1. The number of carbonyl (C=O) groups is 3. The number of anilines is 1. The predicted octanol–water partition coefficient (Wildman–Crippen LogP) is 4.65. The fraction of sp³-hybridized carbons (Fsp3) is 0.179. The SMILES string of the molecule is CCOC(=O)c1ccc(N2C(=O)C(=O)/C(=C(/O)c3cc(F)ccc3OC)C2c2cccc(OC)c2)cc1. The fourth-order valence-electron chi connectivity index (χ4n) is 4.21. The van der Waals surface area contributed by atoms with Crippen LogP contribution in [-0.4, -0.2) is 43.6 Å². The summed E-state index contributed by atoms with van der Waals surface area (Å²) in [4.78, 5) is 40.0. The molecule has 1 saturated heterocycles. The van der Waals surface area contributed by atoms with Crippen LogP contribution in [0.1, 0.15) is 34.5 Å². The van der Waals surface area contributed by atoms with E-state index in [1.807, 2.05) is 0 Å². The Morgan fingerprint density at radius 1 is 1.00 bits per heavy atom. The van der Waals surface area contributed by atoms with Crippen LogP contribution < -0.4 is 14.4 Å². The molecule has 1 atom stereocenters. The number of aliphatic hydroxyl groups excluding tert-OH is 1. The molecule has 0 aliphatic carbocycles. The van der Waals surface area contributed by atoms with Crippen molar-refractivity contribution >= 4 is 29.1 Å². The Balaban J connectivity index is 1.92. The minimum atomic E-state index is -1.09. The van der Waals surface area contributed by atoms with E-state index in [-0.39, 0.29) is 29.1 Å². The Labute approximate surface area is 212 Å². The number of hydrogen-bond acceptors (Lipinski definition) is 7. The van der Waals surface area contributed by atoms with Crippen LogP contribution in [0.25, 0.3) is 5.76 Å². The molecule has 4 rings (SSSR count). The number of carbonyl (C=O) groups excluding carboxylic acids is 3. The van der Waals surface area contributed by atoms with Gasteiger partial charge in [-0.15, -0.1) is 0 Å². The van der Waals surface area contributed by atoms with E-state index in [0.29, 0.717) is 17.0 Å². The van der Waals surface area contributed by atoms with Crippen LogP contribution in [0.4, 0.5) is 10.1 Å². The van der Waals surface area contributed by atoms with Gasteiger partial charge in [0.1, 0.15) is 23.1 Å². The van der Waals surface area contributed by atoms with Gasteiger partial charge >= 0.3 is 5.97 Å². The van der Waals surface area contributed by atoms with Crippen LogP contribution in [0.2, 0.25) is 0 Å². The van der Waals surface area contributed by atoms with Crippen LogP contribution in [0.15, 0.2) is 72.3 Å². The summed E-state index contributed by atoms with van der Waals surface area (Å²) in [5.41, 5.74) is 0.699. The number of benzene rings is 3. The highest BCUT2D eigenvalue weighted by atomic mass is 19.1. The summed E-state index contributed by atoms with van der Waals surface area (Å²) in [7, 11) is 2.81. The van der Waals surface area contributed by atoms with Crippen molar-refractivity contribution in [2.24, 2.45) is 0 Å². The van der Waals surface area contributed by atoms with Gasteiger partial charge in [0.05, 0.1) is 43.6 Å². The summed E-state index contributed by atoms with van der Waals surface area (Å²) >= 11 is 0. The van der Waals surface area contributed by atoms with Crippen LogP contribution in [0, 0.1) is 5.82 Å². The summed E-state index contributed by atoms with van der Waals surface area (Å²) < 4.78 is 29.7. The topological polar surface area (TPSA) is 102 Å². The predicted molar refractivity (Wildman–Crippen MR) is 133 cm³/mol. The molecular formula is C28H24FNO7. The lowest BCUT2D eigenvalue weighted by molar-refractivity contribution is -0.132. The van der Waals surface area contributed by atoms with E-state index in [4.69, 9.17) is 14.2 Å². The molecule has 1 N–H and O–H groups in total. The molecular weight excluding hydrogens is 481 g/mol. The van der Waals surface area contributed by atoms with Gasteiger partial charge in [-0.2, -0.15) is 0 Å². The lowest BCUT2D eigenvalue weighted by atomic mass is 9.94. The van der Waals surface area contributed by atoms with Crippen molar-refractivity contribution in [3.05, 3.63) is 94.8 Å². The first kappa shape index (κ1) is 25.4. The Bertz CT molecular complexity index is 1400. The molecule has 0 spiro atoms. The molecule has 9 heteroatoms. The van der Waals surface area contributed by atoms with Crippen molar-refractivity contribution in [1.82, 2.24) is 0 Å². The number of Topliss-reactive ketones (excluding diaryl/α,β-unsaturated/α-hetero) is 1. The fourth-order valence-corrected chi connectivity index (χ4v) is 4.21. The first-order valence-corrected chi connectivity index (χ1v) is 11.4. The first-order chi connectivity index (χ1) is 17.8. The van der Waals surface area contributed by atoms with Crippen LogP contribution in [0.3, 0.4) is 0 Å². The zero-order valence-corrected chi connectivity index (χ0v) is 20.4. The zero-order chi connectivity index (χ0) is 26.7. The standard InChI is InChI=1S/C28H24FNO7/c1-4-37-28(34)16-8-11-19(12-9-16)30-24(17-6-5-7-20(14-17)35-2)23(26(32)27(30)33)25(31)21-15-18(29)10-13-22(21)36-3/h5-15,24,31H,4H2,1-3H3/b25-23+. The van der Waals surface area contributed by atoms with E-state index in [1.165, 1.54) is 49.5 Å². The normalized spacial score (nSPS) is 16.5. The van der Waals surface area contributed by atoms with Crippen molar-refractivity contribution in [3.8, 4) is 11.5 Å². The van der Waals surface area contributed by atoms with Gasteiger partial charge in [-0.05, 0) is 67.1 Å². The van der Waals surface area contributed by atoms with Gasteiger partial charge in [-0.1, -0.05) is 12.1 Å². The van der Waals surface area contributed by atoms with Gasteiger partial charge in [0.15, 0.2) is 0 Å². The highest BCUT2D eigenvalue weighted by Gasteiger charge is 2.47. The third kappa shape index (κ3) is 4.75. The maximum absolute atomic E-state index is 14.1. The van der Waals surface area contributed by atoms with Crippen LogP contribution in [0.5, 0.6) is 11.5 Å². The second kappa shape index (κ2) is 10.5. The number of halogens is 1. The Morgan fingerprint density at radius 2 is 1.73 bits per heavy atom. The second-order valence-electron chi connectivity index (χ2n) is 8.06. The van der Waals surface area contributed by atoms with Crippen molar-refractivity contribution in [2.75, 3.05) is 25.7 Å². The smallest absolute Gasteiger partial charge is 0.338 e. The Kier molecular flexibility index (Phi) is 7.24. The number of nitrogens with zero attached hydrogens (tertiary/aromatic N) is 1. The largest absolute Gasteiger partial charge is 0.507 e. The maximum atomic E-state index is 14.1. The molecule has 1 aliphatic rings. The number of rotatable bonds is 7. The number of amides is 1. The molecule has 1 unspecified atom stereocenters. The van der Waals surface area contributed by atoms with E-state index >= 15 is 0 Å². The molecule has 1 aliphatic heterocycles. The minimum absolute atomic E-state index is 0.0777. The average molecular weight is 505 g/mol. The molecule has 190 valence electrons. The van der Waals surface area contributed by atoms with Crippen molar-refractivity contribution in [3.63, 3.8) is 0 Å². The van der Waals surface area contributed by atoms with Crippen molar-refractivity contribution in [1.29, 1.82) is 0 Å². The molecule has 1 heterocycles. The molecule has 3 aromatic rings. The summed E-state index contributed by atoms with van der Waals surface area (Å²) in [5.74, 6) is -3.08. The van der Waals surface area contributed by atoms with E-state index in [2.05, 4.69) is 0 Å². The van der Waals surface area contributed by atoms with Gasteiger partial charge in [0.25, 0.3) is 11.7 Å². The molecule has 1 fully saturated rings. The Hall–Kier alpha value is -4.66. The first-order valence-electron chi connectivity index (χ1n) is 11.4. The molecule has 1 amide bonds. The summed E-state index contributed by atoms with van der Waals surface area (Å²) in [5, 5.41) is 11.3. The molecule has 0 radical (unpaired) electrons. The van der Waals surface area contributed by atoms with Crippen molar-refractivity contribution < 1.29 is 38.1 Å². The molecule has 37 heavy (non-hydrogen) atoms. The summed E-state index contributed by atoms with van der Waals surface area (Å²) in [6, 6.07) is 15.1. The molecule has 0 saturated carbocycles. The maximum Gasteiger partial charge on any atom is 0.338 e. The highest BCUT2D eigenvalue weighted by Crippen LogP contribution is 2.44. The van der Waals surface area contributed by atoms with Gasteiger partial charge in [-0.25, -0.2) is 9.18 Å². The third-order valence-corrected chi connectivity index (χ3v) is 5.93. The van der Waals surface area contributed by atoms with Crippen LogP contribution in [-0.2, 0) is 14.3 Å². The van der Waals surface area contributed by atoms with E-state index in [0.717, 1.165) is 12.1 Å². The quantitative estimate of drug-likeness (QED) is 0.216. The molecule has 0 bridgehead atoms. The number of ketones is 1. The Morgan fingerprint density at radius 3 is 2.38 bits per heavy atom.